The SMILES string of the molecule is CC(C)C[C@H](NC(=O)[C@H](CCCCN)NC(=O)[C@@H](CO)NC(=O)[C@@H](N)CC(C)C)C(=O)O. The van der Waals surface area contributed by atoms with Crippen LogP contribution in [0.25, 0.3) is 0 Å². The number of carbonyl (C=O) groups is 4. The molecule has 11 nitrogen and oxygen atoms in total. The summed E-state index contributed by atoms with van der Waals surface area (Å²) in [4.78, 5) is 49.1. The van der Waals surface area contributed by atoms with Crippen LogP contribution >= 0.6 is 0 Å². The van der Waals surface area contributed by atoms with Crippen molar-refractivity contribution < 1.29 is 29.4 Å². The monoisotopic (exact) mass is 459 g/mol. The molecular weight excluding hydrogens is 418 g/mol. The van der Waals surface area contributed by atoms with Crippen molar-refractivity contribution in [2.45, 2.75) is 84.0 Å². The van der Waals surface area contributed by atoms with Gasteiger partial charge < -0.3 is 37.6 Å². The highest BCUT2D eigenvalue weighted by molar-refractivity contribution is 5.94. The summed E-state index contributed by atoms with van der Waals surface area (Å²) >= 11 is 0. The van der Waals surface area contributed by atoms with E-state index in [1.54, 1.807) is 0 Å². The van der Waals surface area contributed by atoms with Crippen molar-refractivity contribution >= 4 is 23.7 Å². The van der Waals surface area contributed by atoms with Crippen LogP contribution in [-0.2, 0) is 19.2 Å². The molecule has 0 aliphatic rings. The van der Waals surface area contributed by atoms with Gasteiger partial charge >= 0.3 is 5.97 Å². The van der Waals surface area contributed by atoms with Crippen molar-refractivity contribution in [2.24, 2.45) is 23.3 Å². The van der Waals surface area contributed by atoms with Crippen LogP contribution in [0.4, 0.5) is 0 Å². The highest BCUT2D eigenvalue weighted by atomic mass is 16.4. The summed E-state index contributed by atoms with van der Waals surface area (Å²) in [6, 6.07) is -4.28. The highest BCUT2D eigenvalue weighted by Gasteiger charge is 2.30. The Morgan fingerprint density at radius 3 is 1.75 bits per heavy atom. The molecule has 0 unspecified atom stereocenters. The average molecular weight is 460 g/mol. The number of hydrogen-bond acceptors (Lipinski definition) is 7. The molecule has 32 heavy (non-hydrogen) atoms. The average Bonchev–Trinajstić information content (AvgIpc) is 2.69. The van der Waals surface area contributed by atoms with Gasteiger partial charge in [0.25, 0.3) is 0 Å². The predicted octanol–water partition coefficient (Wildman–Crippen LogP) is -0.934. The summed E-state index contributed by atoms with van der Waals surface area (Å²) < 4.78 is 0. The maximum Gasteiger partial charge on any atom is 0.326 e. The van der Waals surface area contributed by atoms with Gasteiger partial charge in [-0.3, -0.25) is 14.4 Å². The molecule has 0 aromatic heterocycles. The molecule has 0 aromatic carbocycles. The molecule has 0 bridgehead atoms. The summed E-state index contributed by atoms with van der Waals surface area (Å²) in [6.45, 7) is 7.18. The molecule has 0 aliphatic carbocycles. The van der Waals surface area contributed by atoms with Crippen LogP contribution in [0.2, 0.25) is 0 Å². The number of nitrogens with two attached hydrogens (primary N) is 2. The molecule has 0 saturated carbocycles. The second-order valence-electron chi connectivity index (χ2n) is 8.85. The summed E-state index contributed by atoms with van der Waals surface area (Å²) in [5, 5.41) is 26.3. The number of amides is 3. The van der Waals surface area contributed by atoms with Gasteiger partial charge in [-0.15, -0.1) is 0 Å². The highest BCUT2D eigenvalue weighted by Crippen LogP contribution is 2.08. The summed E-state index contributed by atoms with van der Waals surface area (Å²) in [7, 11) is 0. The van der Waals surface area contributed by atoms with Crippen molar-refractivity contribution in [3.63, 3.8) is 0 Å². The second-order valence-corrected chi connectivity index (χ2v) is 8.85. The fourth-order valence-electron chi connectivity index (χ4n) is 3.09. The lowest BCUT2D eigenvalue weighted by Gasteiger charge is -2.25. The molecular formula is C21H41N5O6. The molecule has 11 heteroatoms. The van der Waals surface area contributed by atoms with Crippen LogP contribution in [0.1, 0.15) is 59.8 Å². The molecule has 3 amide bonds. The molecule has 0 aromatic rings. The Labute approximate surface area is 190 Å². The topological polar surface area (TPSA) is 197 Å². The number of rotatable bonds is 16. The third-order valence-corrected chi connectivity index (χ3v) is 4.78. The molecule has 0 radical (unpaired) electrons. The number of nitrogens with one attached hydrogen (secondary N) is 3. The first-order chi connectivity index (χ1) is 14.9. The number of carboxylic acid groups (broad SMARTS) is 1. The minimum Gasteiger partial charge on any atom is -0.480 e. The van der Waals surface area contributed by atoms with Crippen molar-refractivity contribution in [3.8, 4) is 0 Å². The molecule has 0 heterocycles. The third-order valence-electron chi connectivity index (χ3n) is 4.78. The van der Waals surface area contributed by atoms with E-state index in [4.69, 9.17) is 11.5 Å². The number of aliphatic hydroxyl groups excluding tert-OH is 1. The largest absolute Gasteiger partial charge is 0.480 e. The smallest absolute Gasteiger partial charge is 0.326 e. The quantitative estimate of drug-likeness (QED) is 0.144. The van der Waals surface area contributed by atoms with Crippen LogP contribution in [0.15, 0.2) is 0 Å². The molecule has 9 N–H and O–H groups in total. The molecule has 4 atom stereocenters. The van der Waals surface area contributed by atoms with E-state index in [1.807, 2.05) is 27.7 Å². The normalized spacial score (nSPS) is 15.0. The Kier molecular flexibility index (Phi) is 14.5. The standard InChI is InChI=1S/C21H41N5O6/c1-12(2)9-14(23)18(28)26-17(11-27)20(30)24-15(7-5-6-8-22)19(29)25-16(21(31)32)10-13(3)4/h12-17,27H,5-11,22-23H2,1-4H3,(H,24,30)(H,25,29)(H,26,28)(H,31,32)/t14-,15-,16-,17+/m0/s1. The summed E-state index contributed by atoms with van der Waals surface area (Å²) in [5.74, 6) is -2.96. The van der Waals surface area contributed by atoms with Crippen LogP contribution in [-0.4, -0.2) is 71.2 Å². The van der Waals surface area contributed by atoms with Gasteiger partial charge in [-0.25, -0.2) is 4.79 Å². The van der Waals surface area contributed by atoms with Gasteiger partial charge in [0.05, 0.1) is 12.6 Å². The van der Waals surface area contributed by atoms with E-state index in [2.05, 4.69) is 16.0 Å². The maximum atomic E-state index is 12.7. The second kappa shape index (κ2) is 15.5. The van der Waals surface area contributed by atoms with E-state index < -0.39 is 54.5 Å². The molecule has 0 fully saturated rings. The van der Waals surface area contributed by atoms with Gasteiger partial charge in [-0.2, -0.15) is 0 Å². The Morgan fingerprint density at radius 1 is 0.781 bits per heavy atom. The van der Waals surface area contributed by atoms with Crippen LogP contribution < -0.4 is 27.4 Å². The van der Waals surface area contributed by atoms with E-state index >= 15 is 0 Å². The van der Waals surface area contributed by atoms with Crippen LogP contribution in [0, 0.1) is 11.8 Å². The number of aliphatic hydroxyl groups is 1. The molecule has 0 saturated heterocycles. The lowest BCUT2D eigenvalue weighted by Crippen LogP contribution is -2.58. The number of unbranched alkanes of at least 4 members (excludes halogenated alkanes) is 1. The summed E-state index contributed by atoms with van der Waals surface area (Å²) in [6.07, 6.45) is 1.99. The predicted molar refractivity (Wildman–Crippen MR) is 120 cm³/mol. The van der Waals surface area contributed by atoms with Gasteiger partial charge in [-0.1, -0.05) is 27.7 Å². The molecule has 0 aliphatic heterocycles. The molecule has 186 valence electrons. The van der Waals surface area contributed by atoms with Gasteiger partial charge in [-0.05, 0) is 50.5 Å². The fraction of sp³-hybridized carbons (Fsp3) is 0.810. The Hall–Kier alpha value is -2.24. The Bertz CT molecular complexity index is 613. The van der Waals surface area contributed by atoms with Gasteiger partial charge in [0.15, 0.2) is 0 Å². The lowest BCUT2D eigenvalue weighted by atomic mass is 10.0. The van der Waals surface area contributed by atoms with E-state index in [-0.39, 0.29) is 24.7 Å². The Balaban J connectivity index is 5.26. The van der Waals surface area contributed by atoms with Gasteiger partial charge in [0.2, 0.25) is 17.7 Å². The van der Waals surface area contributed by atoms with Crippen molar-refractivity contribution in [3.05, 3.63) is 0 Å². The van der Waals surface area contributed by atoms with E-state index in [0.717, 1.165) is 0 Å². The van der Waals surface area contributed by atoms with E-state index in [1.165, 1.54) is 0 Å². The number of carboxylic acids is 1. The van der Waals surface area contributed by atoms with E-state index in [9.17, 15) is 29.4 Å². The fourth-order valence-corrected chi connectivity index (χ4v) is 3.09. The number of aliphatic carboxylic acids is 1. The zero-order chi connectivity index (χ0) is 24.8. The van der Waals surface area contributed by atoms with Gasteiger partial charge in [0, 0.05) is 0 Å². The third kappa shape index (κ3) is 12.0. The van der Waals surface area contributed by atoms with Crippen LogP contribution in [0.3, 0.4) is 0 Å². The van der Waals surface area contributed by atoms with Crippen molar-refractivity contribution in [1.29, 1.82) is 0 Å². The molecule has 0 rings (SSSR count). The number of carbonyl (C=O) groups excluding carboxylic acids is 3. The first-order valence-corrected chi connectivity index (χ1v) is 11.1. The summed E-state index contributed by atoms with van der Waals surface area (Å²) in [5.41, 5.74) is 11.3. The van der Waals surface area contributed by atoms with Crippen molar-refractivity contribution in [2.75, 3.05) is 13.2 Å². The lowest BCUT2D eigenvalue weighted by molar-refractivity contribution is -0.143. The van der Waals surface area contributed by atoms with Crippen LogP contribution in [0.5, 0.6) is 0 Å². The maximum absolute atomic E-state index is 12.7. The minimum atomic E-state index is -1.29. The van der Waals surface area contributed by atoms with Gasteiger partial charge in [0.1, 0.15) is 18.1 Å². The molecule has 0 spiro atoms. The minimum absolute atomic E-state index is 0.0331. The first-order valence-electron chi connectivity index (χ1n) is 11.1. The Morgan fingerprint density at radius 2 is 1.28 bits per heavy atom. The first kappa shape index (κ1) is 29.8. The zero-order valence-corrected chi connectivity index (χ0v) is 19.6. The number of hydrogen-bond donors (Lipinski definition) is 7. The zero-order valence-electron chi connectivity index (χ0n) is 19.6. The van der Waals surface area contributed by atoms with E-state index in [0.29, 0.717) is 25.8 Å². The van der Waals surface area contributed by atoms with Crippen molar-refractivity contribution in [1.82, 2.24) is 16.0 Å².